The van der Waals surface area contributed by atoms with Crippen molar-refractivity contribution in [3.05, 3.63) is 27.9 Å². The van der Waals surface area contributed by atoms with Gasteiger partial charge in [0.05, 0.1) is 16.7 Å². The van der Waals surface area contributed by atoms with Crippen molar-refractivity contribution in [3.63, 3.8) is 0 Å². The van der Waals surface area contributed by atoms with E-state index < -0.39 is 11.9 Å². The molecule has 0 aliphatic heterocycles. The summed E-state index contributed by atoms with van der Waals surface area (Å²) in [6.45, 7) is 3.30. The minimum Gasteiger partial charge on any atom is -0.457 e. The zero-order valence-corrected chi connectivity index (χ0v) is 12.8. The molecule has 0 saturated carbocycles. The van der Waals surface area contributed by atoms with Crippen LogP contribution in [0.1, 0.15) is 17.4 Å². The quantitative estimate of drug-likeness (QED) is 0.491. The Balaban J connectivity index is 2.76. The number of ether oxygens (including phenoxy) is 1. The van der Waals surface area contributed by atoms with Crippen LogP contribution in [-0.4, -0.2) is 23.5 Å². The summed E-state index contributed by atoms with van der Waals surface area (Å²) in [4.78, 5) is 28.1. The normalized spacial score (nSPS) is 10.7. The van der Waals surface area contributed by atoms with Gasteiger partial charge < -0.3 is 4.74 Å². The standard InChI is InChI=1S/C13H11Cl2N3O3/c1-3-21-13(20)12(19)18-10-5-8(15)7(14)4-9(10)17-6(2)11(18)16/h4-5,16H,3H2,1-2H3/p+1. The van der Waals surface area contributed by atoms with Crippen LogP contribution in [0.2, 0.25) is 10.0 Å². The molecule has 0 spiro atoms. The molecule has 1 aromatic carbocycles. The second-order valence-corrected chi connectivity index (χ2v) is 5.01. The Hall–Kier alpha value is -1.92. The predicted molar refractivity (Wildman–Crippen MR) is 78.4 cm³/mol. The van der Waals surface area contributed by atoms with Crippen molar-refractivity contribution in [2.24, 2.45) is 0 Å². The van der Waals surface area contributed by atoms with Crippen LogP contribution in [0.15, 0.2) is 12.1 Å². The average Bonchev–Trinajstić information content (AvgIpc) is 2.42. The van der Waals surface area contributed by atoms with Gasteiger partial charge in [0.2, 0.25) is 0 Å². The number of rotatable bonds is 1. The number of fused-ring (bicyclic) bond motifs is 1. The molecule has 0 saturated heterocycles. The minimum absolute atomic E-state index is 0.0407. The number of benzene rings is 1. The molecule has 0 fully saturated rings. The van der Waals surface area contributed by atoms with Gasteiger partial charge in [-0.3, -0.25) is 5.73 Å². The highest BCUT2D eigenvalue weighted by Crippen LogP contribution is 2.26. The molecule has 8 heteroatoms. The number of nitrogen functional groups attached to an aromatic ring is 1. The van der Waals surface area contributed by atoms with E-state index in [-0.39, 0.29) is 28.0 Å². The molecular formula is C13H12Cl2N3O3+. The lowest BCUT2D eigenvalue weighted by Crippen LogP contribution is -2.51. The van der Waals surface area contributed by atoms with Crippen LogP contribution in [0.3, 0.4) is 0 Å². The molecule has 0 amide bonds. The fourth-order valence-corrected chi connectivity index (χ4v) is 2.14. The number of esters is 1. The molecule has 0 unspecified atom stereocenters. The van der Waals surface area contributed by atoms with Gasteiger partial charge in [-0.2, -0.15) is 0 Å². The summed E-state index contributed by atoms with van der Waals surface area (Å²) in [5, 5.41) is 0.510. The number of hydrogen-bond donors (Lipinski definition) is 1. The van der Waals surface area contributed by atoms with Crippen LogP contribution < -0.4 is 10.3 Å². The van der Waals surface area contributed by atoms with E-state index in [2.05, 4.69) is 4.98 Å². The SMILES string of the molecule is CCOC(=O)C(=O)[n+]1c(N)c(C)nc2cc(Cl)c(Cl)cc21. The Morgan fingerprint density at radius 2 is 1.95 bits per heavy atom. The van der Waals surface area contributed by atoms with Crippen LogP contribution in [0.5, 0.6) is 0 Å². The predicted octanol–water partition coefficient (Wildman–Crippen LogP) is 1.92. The van der Waals surface area contributed by atoms with Crippen molar-refractivity contribution in [1.29, 1.82) is 0 Å². The molecular weight excluding hydrogens is 317 g/mol. The first-order chi connectivity index (χ1) is 9.86. The first kappa shape index (κ1) is 15.5. The lowest BCUT2D eigenvalue weighted by atomic mass is 10.2. The van der Waals surface area contributed by atoms with E-state index in [9.17, 15) is 9.59 Å². The highest BCUT2D eigenvalue weighted by Gasteiger charge is 2.29. The number of halogens is 2. The van der Waals surface area contributed by atoms with Crippen LogP contribution in [0.25, 0.3) is 11.0 Å². The van der Waals surface area contributed by atoms with Gasteiger partial charge in [0.1, 0.15) is 11.2 Å². The van der Waals surface area contributed by atoms with Crippen LogP contribution in [0.4, 0.5) is 5.82 Å². The fourth-order valence-electron chi connectivity index (χ4n) is 1.83. The highest BCUT2D eigenvalue weighted by atomic mass is 35.5. The highest BCUT2D eigenvalue weighted by molar-refractivity contribution is 6.42. The summed E-state index contributed by atoms with van der Waals surface area (Å²) in [5.74, 6) is -1.88. The molecule has 21 heavy (non-hydrogen) atoms. The van der Waals surface area contributed by atoms with Gasteiger partial charge in [0.15, 0.2) is 5.52 Å². The zero-order chi connectivity index (χ0) is 15.7. The molecule has 2 N–H and O–H groups in total. The van der Waals surface area contributed by atoms with Gasteiger partial charge >= 0.3 is 17.7 Å². The first-order valence-electron chi connectivity index (χ1n) is 6.05. The number of nitrogens with zero attached hydrogens (tertiary/aromatic N) is 2. The maximum Gasteiger partial charge on any atom is 0.424 e. The summed E-state index contributed by atoms with van der Waals surface area (Å²) in [5.41, 5.74) is 6.93. The Labute approximate surface area is 130 Å². The molecule has 0 aliphatic carbocycles. The molecule has 0 aliphatic rings. The largest absolute Gasteiger partial charge is 0.457 e. The fraction of sp³-hybridized carbons (Fsp3) is 0.231. The summed E-state index contributed by atoms with van der Waals surface area (Å²) in [6, 6.07) is 2.93. The third-order valence-electron chi connectivity index (χ3n) is 2.81. The van der Waals surface area contributed by atoms with Crippen molar-refractivity contribution in [1.82, 2.24) is 4.98 Å². The Morgan fingerprint density at radius 3 is 2.57 bits per heavy atom. The molecule has 110 valence electrons. The van der Waals surface area contributed by atoms with Crippen LogP contribution in [-0.2, 0) is 9.53 Å². The van der Waals surface area contributed by atoms with Crippen molar-refractivity contribution >= 4 is 51.9 Å². The first-order valence-corrected chi connectivity index (χ1v) is 6.80. The molecule has 1 aromatic heterocycles. The van der Waals surface area contributed by atoms with Crippen molar-refractivity contribution in [3.8, 4) is 0 Å². The maximum atomic E-state index is 12.2. The number of anilines is 1. The summed E-state index contributed by atoms with van der Waals surface area (Å²) >= 11 is 11.9. The Bertz CT molecular complexity index is 757. The molecule has 6 nitrogen and oxygen atoms in total. The maximum absolute atomic E-state index is 12.2. The monoisotopic (exact) mass is 328 g/mol. The van der Waals surface area contributed by atoms with Crippen LogP contribution in [0, 0.1) is 6.92 Å². The second kappa shape index (κ2) is 5.83. The van der Waals surface area contributed by atoms with Gasteiger partial charge in [-0.1, -0.05) is 23.2 Å². The van der Waals surface area contributed by atoms with Gasteiger partial charge in [-0.25, -0.2) is 14.6 Å². The Kier molecular flexibility index (Phi) is 4.29. The molecule has 0 atom stereocenters. The van der Waals surface area contributed by atoms with Gasteiger partial charge in [-0.15, -0.1) is 4.57 Å². The van der Waals surface area contributed by atoms with Crippen LogP contribution >= 0.6 is 23.2 Å². The van der Waals surface area contributed by atoms with Crippen molar-refractivity contribution in [2.45, 2.75) is 13.8 Å². The number of nitrogens with two attached hydrogens (primary N) is 1. The second-order valence-electron chi connectivity index (χ2n) is 4.20. The third-order valence-corrected chi connectivity index (χ3v) is 3.53. The number of hydrogen-bond acceptors (Lipinski definition) is 5. The summed E-state index contributed by atoms with van der Waals surface area (Å²) < 4.78 is 5.74. The number of aromatic nitrogens is 2. The molecule has 1 heterocycles. The number of carbonyl (C=O) groups is 2. The molecule has 0 bridgehead atoms. The zero-order valence-electron chi connectivity index (χ0n) is 11.3. The lowest BCUT2D eigenvalue weighted by molar-refractivity contribution is -0.527. The average molecular weight is 329 g/mol. The van der Waals surface area contributed by atoms with E-state index in [1.54, 1.807) is 13.8 Å². The molecule has 2 aromatic rings. The smallest absolute Gasteiger partial charge is 0.424 e. The van der Waals surface area contributed by atoms with E-state index in [0.717, 1.165) is 4.57 Å². The van der Waals surface area contributed by atoms with E-state index in [4.69, 9.17) is 33.7 Å². The van der Waals surface area contributed by atoms with Crippen molar-refractivity contribution in [2.75, 3.05) is 12.3 Å². The van der Waals surface area contributed by atoms with Crippen molar-refractivity contribution < 1.29 is 18.9 Å². The van der Waals surface area contributed by atoms with Gasteiger partial charge in [-0.05, 0) is 19.9 Å². The topological polar surface area (TPSA) is 86.2 Å². The number of carbonyl (C=O) groups excluding carboxylic acids is 2. The van der Waals surface area contributed by atoms with E-state index in [1.807, 2.05) is 0 Å². The number of aryl methyl sites for hydroxylation is 1. The summed E-state index contributed by atoms with van der Waals surface area (Å²) in [7, 11) is 0. The van der Waals surface area contributed by atoms with E-state index in [1.165, 1.54) is 12.1 Å². The third kappa shape index (κ3) is 2.77. The summed E-state index contributed by atoms with van der Waals surface area (Å²) in [6.07, 6.45) is 0. The van der Waals surface area contributed by atoms with Gasteiger partial charge in [0.25, 0.3) is 0 Å². The molecule has 0 radical (unpaired) electrons. The minimum atomic E-state index is -1.01. The molecule has 2 rings (SSSR count). The lowest BCUT2D eigenvalue weighted by Gasteiger charge is -2.08. The Morgan fingerprint density at radius 1 is 1.33 bits per heavy atom. The van der Waals surface area contributed by atoms with E-state index >= 15 is 0 Å². The van der Waals surface area contributed by atoms with Gasteiger partial charge in [0, 0.05) is 6.07 Å². The van der Waals surface area contributed by atoms with E-state index in [0.29, 0.717) is 11.2 Å².